The van der Waals surface area contributed by atoms with Crippen molar-refractivity contribution in [1.82, 2.24) is 9.21 Å². The van der Waals surface area contributed by atoms with Gasteiger partial charge in [-0.05, 0) is 48.9 Å². The van der Waals surface area contributed by atoms with Gasteiger partial charge in [0.15, 0.2) is 0 Å². The Morgan fingerprint density at radius 1 is 1.06 bits per heavy atom. The summed E-state index contributed by atoms with van der Waals surface area (Å²) in [5.41, 5.74) is 1.93. The normalized spacial score (nSPS) is 14.8. The van der Waals surface area contributed by atoms with E-state index in [-0.39, 0.29) is 15.8 Å². The number of benzene rings is 2. The fraction of sp³-hybridized carbons (Fsp3) is 0.391. The number of anilines is 1. The maximum Gasteiger partial charge on any atom is 0.253 e. The number of carbonyl (C=O) groups is 1. The molecule has 0 radical (unpaired) electrons. The Labute approximate surface area is 194 Å². The van der Waals surface area contributed by atoms with Crippen LogP contribution >= 0.6 is 11.6 Å². The van der Waals surface area contributed by atoms with Gasteiger partial charge in [-0.1, -0.05) is 25.4 Å². The molecule has 7 nitrogen and oxygen atoms in total. The van der Waals surface area contributed by atoms with Crippen molar-refractivity contribution in [2.45, 2.75) is 25.2 Å². The first kappa shape index (κ1) is 24.1. The summed E-state index contributed by atoms with van der Waals surface area (Å²) in [5.74, 6) is -0.209. The molecule has 0 bridgehead atoms. The first-order valence-corrected chi connectivity index (χ1v) is 12.5. The second kappa shape index (κ2) is 10.3. The molecular weight excluding hydrogens is 448 g/mol. The molecule has 1 aliphatic heterocycles. The molecule has 1 fully saturated rings. The van der Waals surface area contributed by atoms with E-state index in [4.69, 9.17) is 16.9 Å². The Kier molecular flexibility index (Phi) is 7.77. The first-order valence-electron chi connectivity index (χ1n) is 10.7. The standard InChI is InChI=1S/C23H27ClN4O3S/c1-3-28(4-2)32(30,31)22-16-19(8-11-21(22)24)23(29)27-13-5-12-26(14-15-27)20-9-6-18(17-25)7-10-20/h6-11,16H,3-5,12-15H2,1-2H3. The molecule has 0 aromatic heterocycles. The van der Waals surface area contributed by atoms with Crippen molar-refractivity contribution in [3.63, 3.8) is 0 Å². The predicted octanol–water partition coefficient (Wildman–Crippen LogP) is 3.59. The SMILES string of the molecule is CCN(CC)S(=O)(=O)c1cc(C(=O)N2CCCN(c3ccc(C#N)cc3)CC2)ccc1Cl. The fourth-order valence-electron chi connectivity index (χ4n) is 3.84. The van der Waals surface area contributed by atoms with E-state index >= 15 is 0 Å². The van der Waals surface area contributed by atoms with Crippen LogP contribution in [-0.4, -0.2) is 62.8 Å². The van der Waals surface area contributed by atoms with Gasteiger partial charge in [0, 0.05) is 50.5 Å². The number of hydrogen-bond donors (Lipinski definition) is 0. The molecule has 0 saturated carbocycles. The van der Waals surface area contributed by atoms with Crippen molar-refractivity contribution in [1.29, 1.82) is 5.26 Å². The monoisotopic (exact) mass is 474 g/mol. The lowest BCUT2D eigenvalue weighted by Crippen LogP contribution is -2.35. The zero-order valence-corrected chi connectivity index (χ0v) is 19.9. The van der Waals surface area contributed by atoms with E-state index in [1.807, 2.05) is 12.1 Å². The minimum Gasteiger partial charge on any atom is -0.370 e. The average molecular weight is 475 g/mol. The van der Waals surface area contributed by atoms with Crippen LogP contribution in [0.3, 0.4) is 0 Å². The second-order valence-electron chi connectivity index (χ2n) is 7.53. The zero-order chi connectivity index (χ0) is 23.3. The number of sulfonamides is 1. The van der Waals surface area contributed by atoms with E-state index < -0.39 is 10.0 Å². The van der Waals surface area contributed by atoms with E-state index in [0.717, 1.165) is 18.7 Å². The summed E-state index contributed by atoms with van der Waals surface area (Å²) >= 11 is 6.21. The Bertz CT molecular complexity index is 1110. The van der Waals surface area contributed by atoms with Gasteiger partial charge in [0.25, 0.3) is 5.91 Å². The topological polar surface area (TPSA) is 84.7 Å². The van der Waals surface area contributed by atoms with Gasteiger partial charge in [-0.2, -0.15) is 9.57 Å². The summed E-state index contributed by atoms with van der Waals surface area (Å²) in [6, 6.07) is 14.0. The summed E-state index contributed by atoms with van der Waals surface area (Å²) in [7, 11) is -3.78. The highest BCUT2D eigenvalue weighted by atomic mass is 35.5. The lowest BCUT2D eigenvalue weighted by atomic mass is 10.2. The minimum atomic E-state index is -3.78. The fourth-order valence-corrected chi connectivity index (χ4v) is 5.80. The van der Waals surface area contributed by atoms with Crippen LogP contribution in [0.2, 0.25) is 5.02 Å². The van der Waals surface area contributed by atoms with Gasteiger partial charge in [0.05, 0.1) is 16.7 Å². The Morgan fingerprint density at radius 3 is 2.38 bits per heavy atom. The highest BCUT2D eigenvalue weighted by molar-refractivity contribution is 7.89. The molecule has 1 heterocycles. The van der Waals surface area contributed by atoms with E-state index in [2.05, 4.69) is 11.0 Å². The van der Waals surface area contributed by atoms with Gasteiger partial charge in [-0.15, -0.1) is 0 Å². The Morgan fingerprint density at radius 2 is 1.75 bits per heavy atom. The molecular formula is C23H27ClN4O3S. The highest BCUT2D eigenvalue weighted by Gasteiger charge is 2.27. The number of nitrogens with zero attached hydrogens (tertiary/aromatic N) is 4. The maximum absolute atomic E-state index is 13.2. The van der Waals surface area contributed by atoms with Gasteiger partial charge in [-0.25, -0.2) is 8.42 Å². The number of carbonyl (C=O) groups excluding carboxylic acids is 1. The number of hydrogen-bond acceptors (Lipinski definition) is 5. The smallest absolute Gasteiger partial charge is 0.253 e. The molecule has 9 heteroatoms. The third-order valence-corrected chi connectivity index (χ3v) is 8.18. The van der Waals surface area contributed by atoms with Crippen molar-refractivity contribution in [2.75, 3.05) is 44.2 Å². The van der Waals surface area contributed by atoms with Gasteiger partial charge in [0.1, 0.15) is 4.90 Å². The minimum absolute atomic E-state index is 0.0391. The van der Waals surface area contributed by atoms with Crippen LogP contribution < -0.4 is 4.90 Å². The van der Waals surface area contributed by atoms with Crippen LogP contribution in [0.25, 0.3) is 0 Å². The van der Waals surface area contributed by atoms with Crippen LogP contribution in [0, 0.1) is 11.3 Å². The highest BCUT2D eigenvalue weighted by Crippen LogP contribution is 2.27. The van der Waals surface area contributed by atoms with Gasteiger partial charge in [0.2, 0.25) is 10.0 Å². The van der Waals surface area contributed by atoms with Crippen LogP contribution in [-0.2, 0) is 10.0 Å². The third-order valence-electron chi connectivity index (χ3n) is 5.65. The molecule has 1 saturated heterocycles. The van der Waals surface area contributed by atoms with Crippen molar-refractivity contribution in [3.05, 3.63) is 58.6 Å². The van der Waals surface area contributed by atoms with Gasteiger partial charge in [-0.3, -0.25) is 4.79 Å². The zero-order valence-electron chi connectivity index (χ0n) is 18.3. The molecule has 2 aromatic carbocycles. The largest absolute Gasteiger partial charge is 0.370 e. The number of rotatable bonds is 6. The van der Waals surface area contributed by atoms with Gasteiger partial charge < -0.3 is 9.80 Å². The molecule has 3 rings (SSSR count). The Hall–Kier alpha value is -2.60. The van der Waals surface area contributed by atoms with Crippen LogP contribution in [0.4, 0.5) is 5.69 Å². The molecule has 2 aromatic rings. The molecule has 0 atom stereocenters. The number of halogens is 1. The quantitative estimate of drug-likeness (QED) is 0.638. The molecule has 0 N–H and O–H groups in total. The van der Waals surface area contributed by atoms with Gasteiger partial charge >= 0.3 is 0 Å². The Balaban J connectivity index is 1.78. The van der Waals surface area contributed by atoms with Crippen LogP contribution in [0.1, 0.15) is 36.2 Å². The van der Waals surface area contributed by atoms with Crippen molar-refractivity contribution >= 4 is 33.2 Å². The number of amides is 1. The van der Waals surface area contributed by atoms with Crippen molar-refractivity contribution in [3.8, 4) is 6.07 Å². The molecule has 0 unspecified atom stereocenters. The summed E-state index contributed by atoms with van der Waals surface area (Å²) in [6.45, 7) is 6.70. The average Bonchev–Trinajstić information content (AvgIpc) is 3.06. The predicted molar refractivity (Wildman–Crippen MR) is 125 cm³/mol. The lowest BCUT2D eigenvalue weighted by molar-refractivity contribution is 0.0767. The van der Waals surface area contributed by atoms with Crippen LogP contribution in [0.15, 0.2) is 47.4 Å². The lowest BCUT2D eigenvalue weighted by Gasteiger charge is -2.24. The summed E-state index contributed by atoms with van der Waals surface area (Å²) in [4.78, 5) is 17.1. The van der Waals surface area contributed by atoms with E-state index in [0.29, 0.717) is 43.9 Å². The van der Waals surface area contributed by atoms with Crippen molar-refractivity contribution < 1.29 is 13.2 Å². The number of nitriles is 1. The molecule has 0 aliphatic carbocycles. The van der Waals surface area contributed by atoms with E-state index in [9.17, 15) is 13.2 Å². The molecule has 1 amide bonds. The molecule has 0 spiro atoms. The first-order chi connectivity index (χ1) is 15.3. The maximum atomic E-state index is 13.2. The second-order valence-corrected chi connectivity index (χ2v) is 9.84. The van der Waals surface area contributed by atoms with Crippen LogP contribution in [0.5, 0.6) is 0 Å². The summed E-state index contributed by atoms with van der Waals surface area (Å²) in [6.07, 6.45) is 0.782. The van der Waals surface area contributed by atoms with Crippen molar-refractivity contribution in [2.24, 2.45) is 0 Å². The molecule has 170 valence electrons. The molecule has 1 aliphatic rings. The molecule has 32 heavy (non-hydrogen) atoms. The summed E-state index contributed by atoms with van der Waals surface area (Å²) < 4.78 is 27.2. The van der Waals surface area contributed by atoms with E-state index in [1.54, 1.807) is 36.9 Å². The third kappa shape index (κ3) is 5.07. The summed E-state index contributed by atoms with van der Waals surface area (Å²) in [5, 5.41) is 9.08. The van der Waals surface area contributed by atoms with E-state index in [1.165, 1.54) is 16.4 Å².